The number of hydrogen-bond donors (Lipinski definition) is 5. The number of alkyl halides is 1. The second kappa shape index (κ2) is 12.2. The summed E-state index contributed by atoms with van der Waals surface area (Å²) in [7, 11) is 0. The number of amides is 1. The van der Waals surface area contributed by atoms with Crippen LogP contribution in [0.15, 0.2) is 0 Å². The molecule has 4 fully saturated rings. The molecular formula is C24H45FN6O2. The smallest absolute Gasteiger partial charge is 0.223 e. The van der Waals surface area contributed by atoms with Gasteiger partial charge in [-0.05, 0) is 57.4 Å². The normalized spacial score (nSPS) is 39.3. The van der Waals surface area contributed by atoms with E-state index in [1.807, 2.05) is 0 Å². The number of nitrogens with two attached hydrogens (primary N) is 2. The summed E-state index contributed by atoms with van der Waals surface area (Å²) in [6.07, 6.45) is 7.30. The van der Waals surface area contributed by atoms with E-state index in [0.717, 1.165) is 64.6 Å². The van der Waals surface area contributed by atoms with Gasteiger partial charge in [0.05, 0.1) is 25.0 Å². The Hall–Kier alpha value is -0.840. The molecule has 0 radical (unpaired) electrons. The third kappa shape index (κ3) is 6.86. The van der Waals surface area contributed by atoms with Crippen LogP contribution in [0.2, 0.25) is 0 Å². The van der Waals surface area contributed by atoms with Gasteiger partial charge in [0.2, 0.25) is 5.91 Å². The second-order valence-corrected chi connectivity index (χ2v) is 10.7. The largest absolute Gasteiger partial charge is 0.375 e. The van der Waals surface area contributed by atoms with Crippen molar-refractivity contribution in [2.45, 2.75) is 88.4 Å². The highest BCUT2D eigenvalue weighted by Crippen LogP contribution is 2.28. The Kier molecular flexibility index (Phi) is 9.35. The van der Waals surface area contributed by atoms with Crippen LogP contribution in [0.1, 0.15) is 57.8 Å². The maximum Gasteiger partial charge on any atom is 0.223 e. The molecule has 2 saturated heterocycles. The van der Waals surface area contributed by atoms with Gasteiger partial charge in [-0.2, -0.15) is 0 Å². The third-order valence-electron chi connectivity index (χ3n) is 8.35. The molecule has 8 unspecified atom stereocenters. The lowest BCUT2D eigenvalue weighted by Crippen LogP contribution is -2.61. The second-order valence-electron chi connectivity index (χ2n) is 10.7. The summed E-state index contributed by atoms with van der Waals surface area (Å²) in [5.74, 6) is 0.756. The van der Waals surface area contributed by atoms with E-state index in [2.05, 4.69) is 20.9 Å². The third-order valence-corrected chi connectivity index (χ3v) is 8.35. The number of piperidine rings is 1. The van der Waals surface area contributed by atoms with Crippen LogP contribution in [-0.2, 0) is 9.53 Å². The molecule has 2 aliphatic heterocycles. The van der Waals surface area contributed by atoms with Gasteiger partial charge in [0.25, 0.3) is 0 Å². The SMILES string of the molecule is NC(CNC1CCCC(C(=O)NCC2CCCC(F)C2)C1)N1CCOC2CNCCC2C1N. The number of nitrogens with one attached hydrogen (secondary N) is 3. The van der Waals surface area contributed by atoms with Crippen LogP contribution in [0, 0.1) is 17.8 Å². The van der Waals surface area contributed by atoms with Crippen molar-refractivity contribution in [3.63, 3.8) is 0 Å². The van der Waals surface area contributed by atoms with Gasteiger partial charge in [-0.3, -0.25) is 9.69 Å². The van der Waals surface area contributed by atoms with Gasteiger partial charge in [-0.25, -0.2) is 4.39 Å². The summed E-state index contributed by atoms with van der Waals surface area (Å²) < 4.78 is 19.7. The van der Waals surface area contributed by atoms with Crippen molar-refractivity contribution in [1.82, 2.24) is 20.9 Å². The van der Waals surface area contributed by atoms with Gasteiger partial charge in [0.15, 0.2) is 0 Å². The molecule has 33 heavy (non-hydrogen) atoms. The molecule has 2 aliphatic carbocycles. The molecule has 2 heterocycles. The highest BCUT2D eigenvalue weighted by Gasteiger charge is 2.38. The summed E-state index contributed by atoms with van der Waals surface area (Å²) in [5.41, 5.74) is 13.2. The van der Waals surface area contributed by atoms with Crippen LogP contribution in [0.3, 0.4) is 0 Å². The molecule has 0 aromatic heterocycles. The quantitative estimate of drug-likeness (QED) is 0.373. The predicted octanol–water partition coefficient (Wildman–Crippen LogP) is 0.659. The van der Waals surface area contributed by atoms with Crippen molar-refractivity contribution in [1.29, 1.82) is 0 Å². The van der Waals surface area contributed by atoms with Crippen molar-refractivity contribution in [2.24, 2.45) is 29.2 Å². The van der Waals surface area contributed by atoms with Gasteiger partial charge in [0.1, 0.15) is 6.17 Å². The van der Waals surface area contributed by atoms with E-state index >= 15 is 0 Å². The van der Waals surface area contributed by atoms with Gasteiger partial charge >= 0.3 is 0 Å². The molecular weight excluding hydrogens is 423 g/mol. The van der Waals surface area contributed by atoms with E-state index in [1.165, 1.54) is 0 Å². The lowest BCUT2D eigenvalue weighted by atomic mass is 9.84. The van der Waals surface area contributed by atoms with Gasteiger partial charge in [-0.1, -0.05) is 12.8 Å². The molecule has 9 heteroatoms. The fourth-order valence-corrected chi connectivity index (χ4v) is 6.33. The molecule has 7 N–H and O–H groups in total. The standard InChI is InChI=1S/C24H45FN6O2/c25-18-5-1-3-16(11-18)13-30-24(32)17-4-2-6-19(12-17)29-15-22(26)31-9-10-33-21-14-28-8-7-20(21)23(31)27/h16-23,28-29H,1-15,26-27H2,(H,30,32). The number of halogens is 1. The minimum Gasteiger partial charge on any atom is -0.375 e. The number of ether oxygens (including phenoxy) is 1. The van der Waals surface area contributed by atoms with Crippen LogP contribution in [0.25, 0.3) is 0 Å². The Labute approximate surface area is 198 Å². The average Bonchev–Trinajstić information content (AvgIpc) is 3.00. The number of carbonyl (C=O) groups excluding carboxylic acids is 1. The molecule has 0 aromatic rings. The fraction of sp³-hybridized carbons (Fsp3) is 0.958. The zero-order chi connectivity index (χ0) is 23.2. The molecule has 0 bridgehead atoms. The first-order chi connectivity index (χ1) is 16.0. The van der Waals surface area contributed by atoms with Crippen LogP contribution in [-0.4, -0.2) is 80.8 Å². The average molecular weight is 469 g/mol. The Morgan fingerprint density at radius 3 is 2.88 bits per heavy atom. The van der Waals surface area contributed by atoms with Crippen molar-refractivity contribution in [3.8, 4) is 0 Å². The maximum atomic E-state index is 13.6. The van der Waals surface area contributed by atoms with E-state index in [-0.39, 0.29) is 42.2 Å². The van der Waals surface area contributed by atoms with Crippen molar-refractivity contribution in [2.75, 3.05) is 39.3 Å². The molecule has 1 amide bonds. The summed E-state index contributed by atoms with van der Waals surface area (Å²) in [6, 6.07) is 0.288. The molecule has 8 nitrogen and oxygen atoms in total. The van der Waals surface area contributed by atoms with E-state index in [0.29, 0.717) is 38.5 Å². The fourth-order valence-electron chi connectivity index (χ4n) is 6.33. The number of hydrogen-bond acceptors (Lipinski definition) is 7. The topological polar surface area (TPSA) is 118 Å². The van der Waals surface area contributed by atoms with Crippen LogP contribution >= 0.6 is 0 Å². The zero-order valence-electron chi connectivity index (χ0n) is 20.0. The first kappa shape index (κ1) is 25.3. The Morgan fingerprint density at radius 2 is 2.03 bits per heavy atom. The van der Waals surface area contributed by atoms with Crippen LogP contribution in [0.4, 0.5) is 4.39 Å². The number of rotatable bonds is 7. The molecule has 2 saturated carbocycles. The molecule has 8 atom stereocenters. The van der Waals surface area contributed by atoms with Gasteiger partial charge < -0.3 is 32.2 Å². The highest BCUT2D eigenvalue weighted by molar-refractivity contribution is 5.78. The Bertz CT molecular complexity index is 628. The lowest BCUT2D eigenvalue weighted by molar-refractivity contribution is -0.126. The van der Waals surface area contributed by atoms with E-state index < -0.39 is 6.17 Å². The zero-order valence-corrected chi connectivity index (χ0v) is 20.0. The predicted molar refractivity (Wildman–Crippen MR) is 127 cm³/mol. The molecule has 0 spiro atoms. The first-order valence-electron chi connectivity index (χ1n) is 13.3. The van der Waals surface area contributed by atoms with E-state index in [9.17, 15) is 9.18 Å². The van der Waals surface area contributed by atoms with Crippen molar-refractivity contribution < 1.29 is 13.9 Å². The summed E-state index contributed by atoms with van der Waals surface area (Å²) in [5, 5.41) is 10.1. The maximum absolute atomic E-state index is 13.6. The van der Waals surface area contributed by atoms with Crippen molar-refractivity contribution in [3.05, 3.63) is 0 Å². The minimum absolute atomic E-state index is 0.0292. The van der Waals surface area contributed by atoms with E-state index in [1.54, 1.807) is 0 Å². The molecule has 0 aromatic carbocycles. The van der Waals surface area contributed by atoms with Crippen LogP contribution < -0.4 is 27.4 Å². The highest BCUT2D eigenvalue weighted by atomic mass is 19.1. The number of nitrogens with zero attached hydrogens (tertiary/aromatic N) is 1. The Balaban J connectivity index is 1.20. The van der Waals surface area contributed by atoms with Gasteiger partial charge in [0, 0.05) is 44.1 Å². The molecule has 4 rings (SSSR count). The van der Waals surface area contributed by atoms with Crippen LogP contribution in [0.5, 0.6) is 0 Å². The first-order valence-corrected chi connectivity index (χ1v) is 13.3. The summed E-state index contributed by atoms with van der Waals surface area (Å²) >= 11 is 0. The number of carbonyl (C=O) groups is 1. The van der Waals surface area contributed by atoms with Crippen molar-refractivity contribution >= 4 is 5.91 Å². The number of fused-ring (bicyclic) bond motifs is 1. The van der Waals surface area contributed by atoms with E-state index in [4.69, 9.17) is 16.2 Å². The molecule has 190 valence electrons. The lowest BCUT2D eigenvalue weighted by Gasteiger charge is -2.40. The minimum atomic E-state index is -0.697. The monoisotopic (exact) mass is 468 g/mol. The Morgan fingerprint density at radius 1 is 1.18 bits per heavy atom. The molecule has 4 aliphatic rings. The summed E-state index contributed by atoms with van der Waals surface area (Å²) in [6.45, 7) is 4.50. The summed E-state index contributed by atoms with van der Waals surface area (Å²) in [4.78, 5) is 15.0. The van der Waals surface area contributed by atoms with Gasteiger partial charge in [-0.15, -0.1) is 0 Å².